The van der Waals surface area contributed by atoms with Crippen LogP contribution in [0.15, 0.2) is 12.7 Å². The number of hydrogen-bond acceptors (Lipinski definition) is 2. The number of nitrogens with zero attached hydrogens (tertiary/aromatic N) is 1. The zero-order valence-corrected chi connectivity index (χ0v) is 9.29. The van der Waals surface area contributed by atoms with Crippen LogP contribution in [-0.2, 0) is 0 Å². The fourth-order valence-electron chi connectivity index (χ4n) is 1.36. The van der Waals surface area contributed by atoms with Crippen LogP contribution in [0.2, 0.25) is 0 Å². The summed E-state index contributed by atoms with van der Waals surface area (Å²) in [4.78, 5) is 2.41. The monoisotopic (exact) mass is 184 g/mol. The van der Waals surface area contributed by atoms with E-state index in [0.29, 0.717) is 12.0 Å². The highest BCUT2D eigenvalue weighted by molar-refractivity contribution is 4.77. The molecule has 0 aliphatic rings. The van der Waals surface area contributed by atoms with Gasteiger partial charge in [0, 0.05) is 19.1 Å². The van der Waals surface area contributed by atoms with E-state index in [1.807, 2.05) is 6.08 Å². The molecular weight excluding hydrogens is 160 g/mol. The SMILES string of the molecule is C=CCN(CC(CC)CN)C(C)C. The summed E-state index contributed by atoms with van der Waals surface area (Å²) in [6.45, 7) is 13.2. The van der Waals surface area contributed by atoms with Crippen LogP contribution in [0.25, 0.3) is 0 Å². The van der Waals surface area contributed by atoms with E-state index in [1.165, 1.54) is 0 Å². The second-order valence-electron chi connectivity index (χ2n) is 3.85. The number of hydrogen-bond donors (Lipinski definition) is 1. The van der Waals surface area contributed by atoms with E-state index in [0.717, 1.165) is 26.1 Å². The van der Waals surface area contributed by atoms with Gasteiger partial charge in [-0.05, 0) is 26.3 Å². The molecule has 2 N–H and O–H groups in total. The Balaban J connectivity index is 3.98. The van der Waals surface area contributed by atoms with Crippen molar-refractivity contribution in [1.82, 2.24) is 4.90 Å². The molecule has 13 heavy (non-hydrogen) atoms. The lowest BCUT2D eigenvalue weighted by Crippen LogP contribution is -2.37. The third-order valence-electron chi connectivity index (χ3n) is 2.50. The topological polar surface area (TPSA) is 29.3 Å². The van der Waals surface area contributed by atoms with Crippen LogP contribution < -0.4 is 5.73 Å². The molecule has 0 aliphatic carbocycles. The van der Waals surface area contributed by atoms with Gasteiger partial charge in [0.2, 0.25) is 0 Å². The Labute approximate surface area is 82.8 Å². The molecule has 0 aromatic rings. The molecule has 0 saturated carbocycles. The van der Waals surface area contributed by atoms with Gasteiger partial charge in [0.1, 0.15) is 0 Å². The fraction of sp³-hybridized carbons (Fsp3) is 0.818. The van der Waals surface area contributed by atoms with Crippen molar-refractivity contribution in [2.24, 2.45) is 11.7 Å². The third-order valence-corrected chi connectivity index (χ3v) is 2.50. The average Bonchev–Trinajstić information content (AvgIpc) is 2.11. The number of rotatable bonds is 7. The molecule has 2 heteroatoms. The minimum Gasteiger partial charge on any atom is -0.330 e. The summed E-state index contributed by atoms with van der Waals surface area (Å²) in [6.07, 6.45) is 3.13. The molecule has 78 valence electrons. The van der Waals surface area contributed by atoms with Crippen LogP contribution in [-0.4, -0.2) is 30.6 Å². The van der Waals surface area contributed by atoms with E-state index in [4.69, 9.17) is 5.73 Å². The Morgan fingerprint density at radius 1 is 1.46 bits per heavy atom. The lowest BCUT2D eigenvalue weighted by atomic mass is 10.1. The maximum Gasteiger partial charge on any atom is 0.0163 e. The molecule has 0 aromatic carbocycles. The molecule has 1 unspecified atom stereocenters. The first-order chi connectivity index (χ1) is 6.15. The van der Waals surface area contributed by atoms with Gasteiger partial charge in [-0.1, -0.05) is 19.4 Å². The smallest absolute Gasteiger partial charge is 0.0163 e. The molecular formula is C11H24N2. The molecule has 0 fully saturated rings. The Morgan fingerprint density at radius 2 is 2.08 bits per heavy atom. The number of nitrogens with two attached hydrogens (primary N) is 1. The van der Waals surface area contributed by atoms with Gasteiger partial charge < -0.3 is 5.73 Å². The highest BCUT2D eigenvalue weighted by atomic mass is 15.1. The Kier molecular flexibility index (Phi) is 6.92. The highest BCUT2D eigenvalue weighted by Crippen LogP contribution is 2.07. The van der Waals surface area contributed by atoms with Crippen molar-refractivity contribution >= 4 is 0 Å². The third kappa shape index (κ3) is 5.06. The van der Waals surface area contributed by atoms with Gasteiger partial charge in [-0.25, -0.2) is 0 Å². The largest absolute Gasteiger partial charge is 0.330 e. The van der Waals surface area contributed by atoms with Crippen molar-refractivity contribution in [2.75, 3.05) is 19.6 Å². The summed E-state index contributed by atoms with van der Waals surface area (Å²) in [5.41, 5.74) is 5.68. The predicted octanol–water partition coefficient (Wildman–Crippen LogP) is 1.87. The van der Waals surface area contributed by atoms with Gasteiger partial charge in [-0.15, -0.1) is 6.58 Å². The van der Waals surface area contributed by atoms with Crippen molar-refractivity contribution in [3.05, 3.63) is 12.7 Å². The normalized spacial score (nSPS) is 13.7. The molecule has 0 rings (SSSR count). The molecule has 0 saturated heterocycles. The average molecular weight is 184 g/mol. The minimum absolute atomic E-state index is 0.582. The second kappa shape index (κ2) is 7.10. The molecule has 0 spiro atoms. The van der Waals surface area contributed by atoms with Gasteiger partial charge in [0.15, 0.2) is 0 Å². The molecule has 0 radical (unpaired) electrons. The van der Waals surface area contributed by atoms with Gasteiger partial charge in [0.05, 0.1) is 0 Å². The van der Waals surface area contributed by atoms with Gasteiger partial charge in [-0.2, -0.15) is 0 Å². The lowest BCUT2D eigenvalue weighted by molar-refractivity contribution is 0.206. The second-order valence-corrected chi connectivity index (χ2v) is 3.85. The predicted molar refractivity (Wildman–Crippen MR) is 59.7 cm³/mol. The van der Waals surface area contributed by atoms with E-state index in [9.17, 15) is 0 Å². The molecule has 2 nitrogen and oxygen atoms in total. The summed E-state index contributed by atoms with van der Waals surface area (Å²) in [5, 5.41) is 0. The van der Waals surface area contributed by atoms with E-state index < -0.39 is 0 Å². The lowest BCUT2D eigenvalue weighted by Gasteiger charge is -2.28. The zero-order chi connectivity index (χ0) is 10.3. The van der Waals surface area contributed by atoms with Crippen molar-refractivity contribution in [2.45, 2.75) is 33.2 Å². The van der Waals surface area contributed by atoms with Crippen LogP contribution in [0.4, 0.5) is 0 Å². The quantitative estimate of drug-likeness (QED) is 0.612. The molecule has 1 atom stereocenters. The van der Waals surface area contributed by atoms with Gasteiger partial charge in [0.25, 0.3) is 0 Å². The maximum absolute atomic E-state index is 5.68. The summed E-state index contributed by atoms with van der Waals surface area (Å²) >= 11 is 0. The Hall–Kier alpha value is -0.340. The summed E-state index contributed by atoms with van der Waals surface area (Å²) in [5.74, 6) is 0.627. The first-order valence-corrected chi connectivity index (χ1v) is 5.20. The van der Waals surface area contributed by atoms with Gasteiger partial charge >= 0.3 is 0 Å². The van der Waals surface area contributed by atoms with E-state index >= 15 is 0 Å². The Bertz CT molecular complexity index is 128. The van der Waals surface area contributed by atoms with Crippen LogP contribution in [0.3, 0.4) is 0 Å². The van der Waals surface area contributed by atoms with Crippen LogP contribution in [0.5, 0.6) is 0 Å². The maximum atomic E-state index is 5.68. The minimum atomic E-state index is 0.582. The van der Waals surface area contributed by atoms with Crippen LogP contribution >= 0.6 is 0 Å². The zero-order valence-electron chi connectivity index (χ0n) is 9.29. The summed E-state index contributed by atoms with van der Waals surface area (Å²) in [7, 11) is 0. The van der Waals surface area contributed by atoms with Gasteiger partial charge in [-0.3, -0.25) is 4.90 Å². The van der Waals surface area contributed by atoms with E-state index in [-0.39, 0.29) is 0 Å². The first kappa shape index (κ1) is 12.7. The van der Waals surface area contributed by atoms with Crippen molar-refractivity contribution in [3.8, 4) is 0 Å². The standard InChI is InChI=1S/C11H24N2/c1-5-7-13(10(3)4)9-11(6-2)8-12/h5,10-11H,1,6-9,12H2,2-4H3. The molecule has 0 aromatic heterocycles. The molecule has 0 amide bonds. The van der Waals surface area contributed by atoms with Crippen LogP contribution in [0.1, 0.15) is 27.2 Å². The van der Waals surface area contributed by atoms with Crippen molar-refractivity contribution in [3.63, 3.8) is 0 Å². The fourth-order valence-corrected chi connectivity index (χ4v) is 1.36. The summed E-state index contributed by atoms with van der Waals surface area (Å²) in [6, 6.07) is 0.582. The molecule has 0 heterocycles. The van der Waals surface area contributed by atoms with Crippen LogP contribution in [0, 0.1) is 5.92 Å². The van der Waals surface area contributed by atoms with Crippen molar-refractivity contribution < 1.29 is 0 Å². The van der Waals surface area contributed by atoms with E-state index in [1.54, 1.807) is 0 Å². The Morgan fingerprint density at radius 3 is 2.38 bits per heavy atom. The summed E-state index contributed by atoms with van der Waals surface area (Å²) < 4.78 is 0. The van der Waals surface area contributed by atoms with Crippen molar-refractivity contribution in [1.29, 1.82) is 0 Å². The highest BCUT2D eigenvalue weighted by Gasteiger charge is 2.12. The first-order valence-electron chi connectivity index (χ1n) is 5.20. The molecule has 0 aliphatic heterocycles. The molecule has 0 bridgehead atoms. The van der Waals surface area contributed by atoms with E-state index in [2.05, 4.69) is 32.3 Å².